The van der Waals surface area contributed by atoms with Crippen molar-refractivity contribution in [3.05, 3.63) is 64.9 Å². The van der Waals surface area contributed by atoms with E-state index in [1.165, 1.54) is 0 Å². The molecule has 0 aliphatic heterocycles. The maximum atomic E-state index is 12.7. The molecule has 2 aromatic carbocycles. The van der Waals surface area contributed by atoms with Gasteiger partial charge in [-0.1, -0.05) is 41.0 Å². The molecule has 27 heavy (non-hydrogen) atoms. The SMILES string of the molecule is CCOc1ccccc1C(=O)N(C)CCc1noc(-c2ccccc2Cl)n1. The normalized spacial score (nSPS) is 10.6. The number of likely N-dealkylation sites (N-methyl/N-ethyl adjacent to an activating group) is 1. The lowest BCUT2D eigenvalue weighted by Gasteiger charge is -2.18. The molecule has 1 amide bonds. The monoisotopic (exact) mass is 385 g/mol. The first-order chi connectivity index (χ1) is 13.1. The van der Waals surface area contributed by atoms with Crippen molar-refractivity contribution >= 4 is 17.5 Å². The van der Waals surface area contributed by atoms with Gasteiger partial charge in [0.1, 0.15) is 5.75 Å². The Hall–Kier alpha value is -2.86. The summed E-state index contributed by atoms with van der Waals surface area (Å²) in [6.07, 6.45) is 0.465. The van der Waals surface area contributed by atoms with E-state index in [2.05, 4.69) is 10.1 Å². The van der Waals surface area contributed by atoms with Gasteiger partial charge in [-0.3, -0.25) is 4.79 Å². The zero-order valence-electron chi connectivity index (χ0n) is 15.2. The van der Waals surface area contributed by atoms with Crippen LogP contribution in [0.4, 0.5) is 0 Å². The number of para-hydroxylation sites is 1. The van der Waals surface area contributed by atoms with Crippen LogP contribution < -0.4 is 4.74 Å². The van der Waals surface area contributed by atoms with E-state index in [-0.39, 0.29) is 5.91 Å². The predicted molar refractivity (Wildman–Crippen MR) is 103 cm³/mol. The highest BCUT2D eigenvalue weighted by Gasteiger charge is 2.18. The summed E-state index contributed by atoms with van der Waals surface area (Å²) in [5.74, 6) is 1.35. The van der Waals surface area contributed by atoms with Crippen molar-refractivity contribution in [2.45, 2.75) is 13.3 Å². The summed E-state index contributed by atoms with van der Waals surface area (Å²) in [5, 5.41) is 4.53. The summed E-state index contributed by atoms with van der Waals surface area (Å²) in [6, 6.07) is 14.5. The molecule has 140 valence electrons. The van der Waals surface area contributed by atoms with Crippen LogP contribution in [-0.4, -0.2) is 41.1 Å². The Kier molecular flexibility index (Phi) is 6.08. The van der Waals surface area contributed by atoms with Crippen LogP contribution in [0, 0.1) is 0 Å². The van der Waals surface area contributed by atoms with Crippen LogP contribution in [0.2, 0.25) is 5.02 Å². The summed E-state index contributed by atoms with van der Waals surface area (Å²) in [7, 11) is 1.74. The fourth-order valence-electron chi connectivity index (χ4n) is 2.60. The van der Waals surface area contributed by atoms with E-state index < -0.39 is 0 Å². The lowest BCUT2D eigenvalue weighted by molar-refractivity contribution is 0.0791. The van der Waals surface area contributed by atoms with Gasteiger partial charge in [0, 0.05) is 20.0 Å². The van der Waals surface area contributed by atoms with E-state index >= 15 is 0 Å². The van der Waals surface area contributed by atoms with Crippen molar-refractivity contribution in [1.29, 1.82) is 0 Å². The number of hydrogen-bond acceptors (Lipinski definition) is 5. The second-order valence-electron chi connectivity index (χ2n) is 5.90. The van der Waals surface area contributed by atoms with Gasteiger partial charge >= 0.3 is 0 Å². The van der Waals surface area contributed by atoms with Gasteiger partial charge in [-0.05, 0) is 31.2 Å². The molecule has 0 atom stereocenters. The molecule has 0 saturated heterocycles. The van der Waals surface area contributed by atoms with E-state index in [1.807, 2.05) is 37.3 Å². The molecule has 0 aliphatic carbocycles. The molecule has 0 aliphatic rings. The molecule has 0 saturated carbocycles. The van der Waals surface area contributed by atoms with Gasteiger partial charge in [0.2, 0.25) is 0 Å². The predicted octanol–water partition coefficient (Wildman–Crippen LogP) is 4.10. The molecule has 7 heteroatoms. The second-order valence-corrected chi connectivity index (χ2v) is 6.31. The van der Waals surface area contributed by atoms with Gasteiger partial charge in [0.05, 0.1) is 22.8 Å². The molecule has 0 radical (unpaired) electrons. The Balaban J connectivity index is 1.65. The van der Waals surface area contributed by atoms with Crippen LogP contribution in [0.25, 0.3) is 11.5 Å². The minimum absolute atomic E-state index is 0.117. The zero-order chi connectivity index (χ0) is 19.2. The van der Waals surface area contributed by atoms with Crippen LogP contribution in [0.15, 0.2) is 53.1 Å². The molecular formula is C20H20ClN3O3. The van der Waals surface area contributed by atoms with E-state index in [9.17, 15) is 4.79 Å². The first-order valence-corrected chi connectivity index (χ1v) is 9.02. The topological polar surface area (TPSA) is 68.5 Å². The van der Waals surface area contributed by atoms with Gasteiger partial charge in [-0.15, -0.1) is 0 Å². The summed E-state index contributed by atoms with van der Waals surface area (Å²) in [6.45, 7) is 2.83. The molecule has 0 unspecified atom stereocenters. The Morgan fingerprint density at radius 2 is 1.93 bits per heavy atom. The first kappa shape index (κ1) is 18.9. The van der Waals surface area contributed by atoms with Gasteiger partial charge in [-0.25, -0.2) is 0 Å². The van der Waals surface area contributed by atoms with E-state index in [4.69, 9.17) is 20.9 Å². The van der Waals surface area contributed by atoms with Crippen molar-refractivity contribution in [3.8, 4) is 17.2 Å². The van der Waals surface area contributed by atoms with Crippen molar-refractivity contribution in [2.24, 2.45) is 0 Å². The average Bonchev–Trinajstić information content (AvgIpc) is 3.15. The molecular weight excluding hydrogens is 366 g/mol. The Bertz CT molecular complexity index is 926. The third-order valence-corrected chi connectivity index (χ3v) is 4.34. The molecule has 0 N–H and O–H groups in total. The van der Waals surface area contributed by atoms with Gasteiger partial charge in [0.25, 0.3) is 11.8 Å². The number of carbonyl (C=O) groups excluding carboxylic acids is 1. The number of hydrogen-bond donors (Lipinski definition) is 0. The third-order valence-electron chi connectivity index (χ3n) is 4.01. The van der Waals surface area contributed by atoms with Crippen LogP contribution in [0.3, 0.4) is 0 Å². The number of ether oxygens (including phenoxy) is 1. The van der Waals surface area contributed by atoms with Crippen LogP contribution in [0.1, 0.15) is 23.1 Å². The number of rotatable bonds is 7. The fraction of sp³-hybridized carbons (Fsp3) is 0.250. The summed E-state index contributed by atoms with van der Waals surface area (Å²) < 4.78 is 10.8. The molecule has 3 aromatic rings. The minimum atomic E-state index is -0.117. The highest BCUT2D eigenvalue weighted by molar-refractivity contribution is 6.33. The largest absolute Gasteiger partial charge is 0.493 e. The number of halogens is 1. The smallest absolute Gasteiger partial charge is 0.259 e. The standard InChI is InChI=1S/C20H20ClN3O3/c1-3-26-17-11-7-5-9-15(17)20(25)24(2)13-12-18-22-19(27-23-18)14-8-4-6-10-16(14)21/h4-11H,3,12-13H2,1-2H3. The Labute approximate surface area is 162 Å². The lowest BCUT2D eigenvalue weighted by Crippen LogP contribution is -2.29. The van der Waals surface area contributed by atoms with Gasteiger partial charge in [0.15, 0.2) is 5.82 Å². The van der Waals surface area contributed by atoms with Crippen molar-refractivity contribution in [3.63, 3.8) is 0 Å². The second kappa shape index (κ2) is 8.68. The average molecular weight is 386 g/mol. The van der Waals surface area contributed by atoms with Crippen LogP contribution in [-0.2, 0) is 6.42 Å². The van der Waals surface area contributed by atoms with Crippen LogP contribution >= 0.6 is 11.6 Å². The number of amides is 1. The molecule has 3 rings (SSSR count). The van der Waals surface area contributed by atoms with Crippen LogP contribution in [0.5, 0.6) is 5.75 Å². The molecule has 6 nitrogen and oxygen atoms in total. The quantitative estimate of drug-likeness (QED) is 0.612. The summed E-state index contributed by atoms with van der Waals surface area (Å²) >= 11 is 6.15. The molecule has 0 bridgehead atoms. The first-order valence-electron chi connectivity index (χ1n) is 8.65. The number of benzene rings is 2. The molecule has 1 aromatic heterocycles. The Morgan fingerprint density at radius 3 is 2.70 bits per heavy atom. The van der Waals surface area contributed by atoms with E-state index in [0.29, 0.717) is 53.2 Å². The molecule has 0 spiro atoms. The molecule has 0 fully saturated rings. The number of carbonyl (C=O) groups is 1. The minimum Gasteiger partial charge on any atom is -0.493 e. The third kappa shape index (κ3) is 4.46. The number of aromatic nitrogens is 2. The van der Waals surface area contributed by atoms with E-state index in [1.54, 1.807) is 30.1 Å². The maximum Gasteiger partial charge on any atom is 0.259 e. The van der Waals surface area contributed by atoms with Crippen molar-refractivity contribution < 1.29 is 14.1 Å². The van der Waals surface area contributed by atoms with Crippen molar-refractivity contribution in [2.75, 3.05) is 20.2 Å². The summed E-state index contributed by atoms with van der Waals surface area (Å²) in [5.41, 5.74) is 1.22. The maximum absolute atomic E-state index is 12.7. The van der Waals surface area contributed by atoms with Gasteiger partial charge < -0.3 is 14.2 Å². The van der Waals surface area contributed by atoms with Gasteiger partial charge in [-0.2, -0.15) is 4.98 Å². The highest BCUT2D eigenvalue weighted by atomic mass is 35.5. The fourth-order valence-corrected chi connectivity index (χ4v) is 2.82. The Morgan fingerprint density at radius 1 is 1.19 bits per heavy atom. The highest BCUT2D eigenvalue weighted by Crippen LogP contribution is 2.26. The molecule has 1 heterocycles. The van der Waals surface area contributed by atoms with Crippen molar-refractivity contribution in [1.82, 2.24) is 15.0 Å². The summed E-state index contributed by atoms with van der Waals surface area (Å²) in [4.78, 5) is 18.7. The lowest BCUT2D eigenvalue weighted by atomic mass is 10.1. The zero-order valence-corrected chi connectivity index (χ0v) is 15.9. The van der Waals surface area contributed by atoms with E-state index in [0.717, 1.165) is 0 Å². The number of nitrogens with zero attached hydrogens (tertiary/aromatic N) is 3.